The van der Waals surface area contributed by atoms with Crippen molar-refractivity contribution in [1.82, 2.24) is 15.4 Å². The zero-order valence-electron chi connectivity index (χ0n) is 15.3. The van der Waals surface area contributed by atoms with Gasteiger partial charge in [-0.3, -0.25) is 14.9 Å². The number of nitro benzene ring substituents is 1. The maximum Gasteiger partial charge on any atom is 0.427 e. The second-order valence-corrected chi connectivity index (χ2v) is 6.36. The third kappa shape index (κ3) is 4.42. The Labute approximate surface area is 173 Å². The molecule has 0 radical (unpaired) electrons. The lowest BCUT2D eigenvalue weighted by molar-refractivity contribution is -0.384. The number of aliphatic hydroxyl groups is 1. The molecule has 3 N–H and O–H groups in total. The fourth-order valence-electron chi connectivity index (χ4n) is 2.56. The van der Waals surface area contributed by atoms with E-state index in [0.717, 1.165) is 13.2 Å². The fraction of sp³-hybridized carbons (Fsp3) is 0.111. The molecule has 1 aromatic heterocycles. The van der Waals surface area contributed by atoms with Gasteiger partial charge in [0.2, 0.25) is 0 Å². The summed E-state index contributed by atoms with van der Waals surface area (Å²) in [7, 11) is 1.12. The summed E-state index contributed by atoms with van der Waals surface area (Å²) in [5.74, 6) is 0. The number of carbonyl (C=O) groups excluding carboxylic acids is 1. The van der Waals surface area contributed by atoms with Gasteiger partial charge in [-0.15, -0.1) is 0 Å². The van der Waals surface area contributed by atoms with Gasteiger partial charge in [-0.2, -0.15) is 5.10 Å². The normalized spacial score (nSPS) is 12.4. The number of rotatable bonds is 5. The summed E-state index contributed by atoms with van der Waals surface area (Å²) in [6.07, 6.45) is -2.38. The minimum Gasteiger partial charge on any atom is -0.452 e. The Morgan fingerprint density at radius 3 is 2.67 bits per heavy atom. The number of aliphatic hydroxyl groups excluding tert-OH is 1. The lowest BCUT2D eigenvalue weighted by Crippen LogP contribution is -2.29. The highest BCUT2D eigenvalue weighted by Crippen LogP contribution is 2.21. The number of aromatic amines is 1. The number of benzene rings is 2. The number of amides is 1. The molecule has 30 heavy (non-hydrogen) atoms. The van der Waals surface area contributed by atoms with Crippen LogP contribution >= 0.6 is 11.6 Å². The van der Waals surface area contributed by atoms with Crippen LogP contribution in [-0.2, 0) is 4.74 Å². The van der Waals surface area contributed by atoms with E-state index in [2.05, 4.69) is 25.2 Å². The van der Waals surface area contributed by atoms with Crippen molar-refractivity contribution in [3.63, 3.8) is 0 Å². The first kappa shape index (κ1) is 20.9. The van der Waals surface area contributed by atoms with Crippen molar-refractivity contribution in [2.24, 2.45) is 5.10 Å². The predicted octanol–water partition coefficient (Wildman–Crippen LogP) is 2.28. The van der Waals surface area contributed by atoms with Crippen LogP contribution in [0.1, 0.15) is 17.4 Å². The van der Waals surface area contributed by atoms with Crippen LogP contribution in [0.4, 0.5) is 10.5 Å². The molecule has 154 valence electrons. The van der Waals surface area contributed by atoms with Gasteiger partial charge >= 0.3 is 6.09 Å². The first-order valence-corrected chi connectivity index (χ1v) is 8.72. The molecular weight excluding hydrogens is 418 g/mol. The molecule has 0 saturated carbocycles. The molecule has 0 saturated heterocycles. The number of hydrogen-bond acceptors (Lipinski definition) is 8. The van der Waals surface area contributed by atoms with Crippen LogP contribution in [0.25, 0.3) is 11.0 Å². The average Bonchev–Trinajstić information content (AvgIpc) is 2.73. The summed E-state index contributed by atoms with van der Waals surface area (Å²) < 4.78 is 4.45. The SMILES string of the molecule is COC(=O)N/N=C(\c1nc2ccc([N+](=O)[O-])cc2[nH]c1=O)[C@H](O)c1ccc(Cl)cc1. The molecule has 0 unspecified atom stereocenters. The first-order valence-electron chi connectivity index (χ1n) is 8.34. The van der Waals surface area contributed by atoms with Gasteiger partial charge in [0.25, 0.3) is 11.2 Å². The van der Waals surface area contributed by atoms with E-state index < -0.39 is 22.7 Å². The van der Waals surface area contributed by atoms with E-state index in [4.69, 9.17) is 11.6 Å². The zero-order chi connectivity index (χ0) is 21.8. The van der Waals surface area contributed by atoms with Gasteiger partial charge in [0.05, 0.1) is 23.1 Å². The van der Waals surface area contributed by atoms with E-state index in [1.54, 1.807) is 0 Å². The van der Waals surface area contributed by atoms with E-state index in [9.17, 15) is 24.8 Å². The van der Waals surface area contributed by atoms with Gasteiger partial charge in [0.15, 0.2) is 5.69 Å². The van der Waals surface area contributed by atoms with Gasteiger partial charge < -0.3 is 14.8 Å². The lowest BCUT2D eigenvalue weighted by atomic mass is 10.0. The molecule has 3 aromatic rings. The van der Waals surface area contributed by atoms with E-state index in [0.29, 0.717) is 10.6 Å². The molecule has 0 aliphatic carbocycles. The number of carbonyl (C=O) groups is 1. The molecule has 0 aliphatic rings. The summed E-state index contributed by atoms with van der Waals surface area (Å²) in [5, 5.41) is 25.9. The number of halogens is 1. The highest BCUT2D eigenvalue weighted by atomic mass is 35.5. The van der Waals surface area contributed by atoms with Crippen LogP contribution in [0.3, 0.4) is 0 Å². The quantitative estimate of drug-likeness (QED) is 0.317. The smallest absolute Gasteiger partial charge is 0.427 e. The summed E-state index contributed by atoms with van der Waals surface area (Å²) >= 11 is 5.86. The fourth-order valence-corrected chi connectivity index (χ4v) is 2.69. The standard InChI is InChI=1S/C18H14ClN5O6/c1-30-18(27)23-22-14(16(25)9-2-4-10(19)5-3-9)15-17(26)21-13-8-11(24(28)29)6-7-12(13)20-15/h2-8,16,25H,1H3,(H,21,26)(H,23,27)/b22-14+/t16-/m1/s1. The summed E-state index contributed by atoms with van der Waals surface area (Å²) in [6, 6.07) is 9.81. The monoisotopic (exact) mass is 431 g/mol. The summed E-state index contributed by atoms with van der Waals surface area (Å²) in [6.45, 7) is 0. The summed E-state index contributed by atoms with van der Waals surface area (Å²) in [5.41, 5.74) is 1.14. The molecule has 2 aromatic carbocycles. The van der Waals surface area contributed by atoms with Crippen LogP contribution in [0.2, 0.25) is 5.02 Å². The molecule has 12 heteroatoms. The molecule has 0 bridgehead atoms. The van der Waals surface area contributed by atoms with Gasteiger partial charge in [-0.1, -0.05) is 23.7 Å². The number of nitrogens with zero attached hydrogens (tertiary/aromatic N) is 3. The number of hydrogen-bond donors (Lipinski definition) is 3. The van der Waals surface area contributed by atoms with E-state index in [1.165, 1.54) is 36.4 Å². The first-order chi connectivity index (χ1) is 14.3. The maximum atomic E-state index is 12.6. The topological polar surface area (TPSA) is 160 Å². The molecule has 1 atom stereocenters. The molecule has 1 amide bonds. The van der Waals surface area contributed by atoms with Crippen molar-refractivity contribution in [3.8, 4) is 0 Å². The Morgan fingerprint density at radius 2 is 2.03 bits per heavy atom. The van der Waals surface area contributed by atoms with E-state index in [1.807, 2.05) is 0 Å². The van der Waals surface area contributed by atoms with Crippen molar-refractivity contribution in [1.29, 1.82) is 0 Å². The Bertz CT molecular complexity index is 1210. The number of H-pyrrole nitrogens is 1. The lowest BCUT2D eigenvalue weighted by Gasteiger charge is -2.14. The largest absolute Gasteiger partial charge is 0.452 e. The third-order valence-electron chi connectivity index (χ3n) is 4.03. The molecule has 3 rings (SSSR count). The van der Waals surface area contributed by atoms with Gasteiger partial charge in [-0.05, 0) is 23.8 Å². The highest BCUT2D eigenvalue weighted by Gasteiger charge is 2.23. The van der Waals surface area contributed by atoms with Crippen LogP contribution in [0.15, 0.2) is 52.4 Å². The molecular formula is C18H14ClN5O6. The number of non-ortho nitro benzene ring substituents is 1. The van der Waals surface area contributed by atoms with Crippen molar-refractivity contribution in [3.05, 3.63) is 79.2 Å². The van der Waals surface area contributed by atoms with Crippen molar-refractivity contribution in [2.75, 3.05) is 7.11 Å². The predicted molar refractivity (Wildman–Crippen MR) is 108 cm³/mol. The maximum absolute atomic E-state index is 12.6. The number of ether oxygens (including phenoxy) is 1. The van der Waals surface area contributed by atoms with Gasteiger partial charge in [-0.25, -0.2) is 15.2 Å². The van der Waals surface area contributed by atoms with Crippen molar-refractivity contribution < 1.29 is 19.6 Å². The Balaban J connectivity index is 2.13. The molecule has 11 nitrogen and oxygen atoms in total. The second-order valence-electron chi connectivity index (χ2n) is 5.93. The molecule has 0 fully saturated rings. The Morgan fingerprint density at radius 1 is 1.33 bits per heavy atom. The number of nitrogens with one attached hydrogen (secondary N) is 2. The minimum atomic E-state index is -1.46. The van der Waals surface area contributed by atoms with Crippen molar-refractivity contribution >= 4 is 40.1 Å². The minimum absolute atomic E-state index is 0.124. The molecule has 1 heterocycles. The van der Waals surface area contributed by atoms with Crippen LogP contribution in [-0.4, -0.2) is 38.9 Å². The average molecular weight is 432 g/mol. The highest BCUT2D eigenvalue weighted by molar-refractivity contribution is 6.30. The van der Waals surface area contributed by atoms with Crippen LogP contribution < -0.4 is 11.0 Å². The van der Waals surface area contributed by atoms with E-state index in [-0.39, 0.29) is 28.1 Å². The molecule has 0 spiro atoms. The number of fused-ring (bicyclic) bond motifs is 1. The van der Waals surface area contributed by atoms with E-state index >= 15 is 0 Å². The second kappa shape index (κ2) is 8.68. The summed E-state index contributed by atoms with van der Waals surface area (Å²) in [4.78, 5) is 41.0. The van der Waals surface area contributed by atoms with Gasteiger partial charge in [0, 0.05) is 17.2 Å². The Kier molecular flexibility index (Phi) is 6.04. The van der Waals surface area contributed by atoms with Gasteiger partial charge in [0.1, 0.15) is 11.8 Å². The van der Waals surface area contributed by atoms with Crippen molar-refractivity contribution in [2.45, 2.75) is 6.10 Å². The number of nitro groups is 1. The zero-order valence-corrected chi connectivity index (χ0v) is 16.1. The molecule has 0 aliphatic heterocycles. The Hall–Kier alpha value is -3.83. The van der Waals surface area contributed by atoms with Crippen LogP contribution in [0, 0.1) is 10.1 Å². The number of aromatic nitrogens is 2. The number of hydrazone groups is 1. The number of methoxy groups -OCH3 is 1. The third-order valence-corrected chi connectivity index (χ3v) is 4.28. The van der Waals surface area contributed by atoms with Crippen LogP contribution in [0.5, 0.6) is 0 Å².